The number of nitrogens with zero attached hydrogens (tertiary/aromatic N) is 1. The van der Waals surface area contributed by atoms with Crippen LogP contribution in [0.4, 0.5) is 14.5 Å². The van der Waals surface area contributed by atoms with Crippen LogP contribution >= 0.6 is 0 Å². The first-order chi connectivity index (χ1) is 14.3. The first-order valence-corrected chi connectivity index (χ1v) is 8.76. The molecule has 0 spiro atoms. The van der Waals surface area contributed by atoms with E-state index in [0.717, 1.165) is 0 Å². The first kappa shape index (κ1) is 22.6. The maximum absolute atomic E-state index is 12.7. The molecule has 2 aromatic rings. The zero-order valence-electron chi connectivity index (χ0n) is 16.0. The monoisotopic (exact) mass is 422 g/mol. The average Bonchev–Trinajstić information content (AvgIpc) is 2.72. The fourth-order valence-electron chi connectivity index (χ4n) is 2.56. The number of alkyl halides is 2. The highest BCUT2D eigenvalue weighted by molar-refractivity contribution is 5.98. The zero-order valence-corrected chi connectivity index (χ0v) is 16.0. The van der Waals surface area contributed by atoms with Crippen LogP contribution in [-0.2, 0) is 14.3 Å². The number of carbonyl (C=O) groups excluding carboxylic acids is 3. The minimum Gasteiger partial charge on any atom is -0.493 e. The lowest BCUT2D eigenvalue weighted by atomic mass is 10.2. The third-order valence-corrected chi connectivity index (χ3v) is 3.90. The molecule has 0 fully saturated rings. The minimum absolute atomic E-state index is 0.0192. The van der Waals surface area contributed by atoms with Gasteiger partial charge in [-0.25, -0.2) is 4.79 Å². The Hall–Kier alpha value is -3.69. The fraction of sp³-hybridized carbons (Fsp3) is 0.250. The predicted octanol–water partition coefficient (Wildman–Crippen LogP) is 2.36. The quantitative estimate of drug-likeness (QED) is 0.589. The summed E-state index contributed by atoms with van der Waals surface area (Å²) >= 11 is 0. The number of nitrogens with two attached hydrogens (primary N) is 1. The number of esters is 1. The van der Waals surface area contributed by atoms with Crippen LogP contribution in [0.3, 0.4) is 0 Å². The fourth-order valence-corrected chi connectivity index (χ4v) is 2.56. The number of methoxy groups -OCH3 is 1. The zero-order chi connectivity index (χ0) is 22.1. The van der Waals surface area contributed by atoms with Crippen LogP contribution in [0.15, 0.2) is 48.5 Å². The van der Waals surface area contributed by atoms with Crippen LogP contribution in [0.25, 0.3) is 0 Å². The van der Waals surface area contributed by atoms with Gasteiger partial charge < -0.3 is 24.8 Å². The smallest absolute Gasteiger partial charge is 0.387 e. The van der Waals surface area contributed by atoms with E-state index in [1.165, 1.54) is 30.2 Å². The summed E-state index contributed by atoms with van der Waals surface area (Å²) < 4.78 is 39.7. The molecule has 2 N–H and O–H groups in total. The number of ether oxygens (including phenoxy) is 3. The summed E-state index contributed by atoms with van der Waals surface area (Å²) in [5, 5.41) is 0. The molecule has 0 radical (unpaired) electrons. The second-order valence-corrected chi connectivity index (χ2v) is 5.89. The van der Waals surface area contributed by atoms with E-state index >= 15 is 0 Å². The van der Waals surface area contributed by atoms with Crippen LogP contribution in [0.5, 0.6) is 11.5 Å². The molecule has 0 atom stereocenters. The molecule has 0 aliphatic rings. The Kier molecular flexibility index (Phi) is 8.09. The van der Waals surface area contributed by atoms with Crippen LogP contribution in [0.1, 0.15) is 16.8 Å². The van der Waals surface area contributed by atoms with Crippen LogP contribution in [0, 0.1) is 0 Å². The molecule has 0 bridgehead atoms. The molecule has 0 heterocycles. The van der Waals surface area contributed by atoms with E-state index in [2.05, 4.69) is 4.74 Å². The molecule has 0 saturated heterocycles. The van der Waals surface area contributed by atoms with E-state index in [1.807, 2.05) is 0 Å². The van der Waals surface area contributed by atoms with Crippen LogP contribution in [0.2, 0.25) is 0 Å². The average molecular weight is 422 g/mol. The Morgan fingerprint density at radius 2 is 1.77 bits per heavy atom. The highest BCUT2D eigenvalue weighted by atomic mass is 19.3. The summed E-state index contributed by atoms with van der Waals surface area (Å²) in [5.74, 6) is -2.88. The Balaban J connectivity index is 2.15. The number of carbonyl (C=O) groups is 3. The van der Waals surface area contributed by atoms with Crippen molar-refractivity contribution in [3.05, 3.63) is 54.1 Å². The third kappa shape index (κ3) is 6.16. The van der Waals surface area contributed by atoms with Gasteiger partial charge in [0.05, 0.1) is 7.11 Å². The topological polar surface area (TPSA) is 108 Å². The predicted molar refractivity (Wildman–Crippen MR) is 103 cm³/mol. The molecule has 10 heteroatoms. The summed E-state index contributed by atoms with van der Waals surface area (Å²) in [7, 11) is 1.22. The van der Waals surface area contributed by atoms with Gasteiger partial charge in [0.1, 0.15) is 5.56 Å². The number of amides is 2. The van der Waals surface area contributed by atoms with Crippen molar-refractivity contribution in [3.8, 4) is 11.5 Å². The van der Waals surface area contributed by atoms with Gasteiger partial charge in [0.15, 0.2) is 18.1 Å². The van der Waals surface area contributed by atoms with Crippen molar-refractivity contribution in [2.24, 2.45) is 5.73 Å². The maximum Gasteiger partial charge on any atom is 0.387 e. The number of para-hydroxylation sites is 2. The lowest BCUT2D eigenvalue weighted by Gasteiger charge is -2.22. The molecular formula is C20H20F2N2O6. The van der Waals surface area contributed by atoms with Crippen molar-refractivity contribution < 1.29 is 37.4 Å². The van der Waals surface area contributed by atoms with Crippen molar-refractivity contribution in [2.75, 3.05) is 25.2 Å². The van der Waals surface area contributed by atoms with Crippen molar-refractivity contribution >= 4 is 23.5 Å². The molecule has 0 aliphatic carbocycles. The van der Waals surface area contributed by atoms with Gasteiger partial charge in [0.2, 0.25) is 5.91 Å². The minimum atomic E-state index is -3.20. The van der Waals surface area contributed by atoms with Crippen molar-refractivity contribution in [1.29, 1.82) is 0 Å². The highest BCUT2D eigenvalue weighted by Gasteiger charge is 2.23. The van der Waals surface area contributed by atoms with Gasteiger partial charge in [-0.1, -0.05) is 24.3 Å². The van der Waals surface area contributed by atoms with Gasteiger partial charge in [0, 0.05) is 18.7 Å². The first-order valence-electron chi connectivity index (χ1n) is 8.76. The molecule has 2 amide bonds. The van der Waals surface area contributed by atoms with E-state index in [-0.39, 0.29) is 24.3 Å². The Labute approximate surface area is 171 Å². The summed E-state index contributed by atoms with van der Waals surface area (Å²) in [6.45, 7) is -3.91. The van der Waals surface area contributed by atoms with E-state index in [4.69, 9.17) is 15.2 Å². The third-order valence-electron chi connectivity index (χ3n) is 3.90. The number of hydrogen-bond acceptors (Lipinski definition) is 6. The van der Waals surface area contributed by atoms with E-state index in [1.54, 1.807) is 30.3 Å². The number of rotatable bonds is 10. The van der Waals surface area contributed by atoms with Gasteiger partial charge >= 0.3 is 12.6 Å². The normalized spacial score (nSPS) is 10.4. The molecule has 8 nitrogen and oxygen atoms in total. The summed E-state index contributed by atoms with van der Waals surface area (Å²) in [5.41, 5.74) is 5.30. The van der Waals surface area contributed by atoms with Crippen molar-refractivity contribution in [3.63, 3.8) is 0 Å². The van der Waals surface area contributed by atoms with E-state index < -0.39 is 36.8 Å². The largest absolute Gasteiger partial charge is 0.493 e. The Morgan fingerprint density at radius 3 is 2.37 bits per heavy atom. The molecule has 0 saturated carbocycles. The van der Waals surface area contributed by atoms with Crippen LogP contribution < -0.4 is 20.1 Å². The molecule has 0 aliphatic heterocycles. The molecule has 2 aromatic carbocycles. The standard InChI is InChI=1S/C20H20F2N2O6/c1-28-15-9-5-8-14(18(15)30-20(21)22)19(27)29-12-17(26)24(11-10-16(23)25)13-6-3-2-4-7-13/h2-9,20H,10-12H2,1H3,(H2,23,25). The van der Waals surface area contributed by atoms with Crippen molar-refractivity contribution in [2.45, 2.75) is 13.0 Å². The van der Waals surface area contributed by atoms with E-state index in [9.17, 15) is 23.2 Å². The lowest BCUT2D eigenvalue weighted by molar-refractivity contribution is -0.122. The number of anilines is 1. The Morgan fingerprint density at radius 1 is 1.07 bits per heavy atom. The number of primary amides is 1. The number of benzene rings is 2. The summed E-state index contributed by atoms with van der Waals surface area (Å²) in [6.07, 6.45) is -0.100. The molecule has 0 aromatic heterocycles. The number of halogens is 2. The highest BCUT2D eigenvalue weighted by Crippen LogP contribution is 2.33. The second-order valence-electron chi connectivity index (χ2n) is 5.89. The summed E-state index contributed by atoms with van der Waals surface area (Å²) in [6, 6.07) is 12.3. The van der Waals surface area contributed by atoms with Crippen LogP contribution in [-0.4, -0.2) is 44.7 Å². The molecule has 30 heavy (non-hydrogen) atoms. The molecular weight excluding hydrogens is 402 g/mol. The van der Waals surface area contributed by atoms with E-state index in [0.29, 0.717) is 5.69 Å². The Bertz CT molecular complexity index is 892. The van der Waals surface area contributed by atoms with Crippen molar-refractivity contribution in [1.82, 2.24) is 0 Å². The van der Waals surface area contributed by atoms with Gasteiger partial charge in [-0.3, -0.25) is 9.59 Å². The van der Waals surface area contributed by atoms with Gasteiger partial charge in [-0.2, -0.15) is 8.78 Å². The van der Waals surface area contributed by atoms with Gasteiger partial charge in [-0.05, 0) is 24.3 Å². The second kappa shape index (κ2) is 10.7. The molecule has 160 valence electrons. The summed E-state index contributed by atoms with van der Waals surface area (Å²) in [4.78, 5) is 37.3. The lowest BCUT2D eigenvalue weighted by Crippen LogP contribution is -2.37. The maximum atomic E-state index is 12.7. The van der Waals surface area contributed by atoms with Gasteiger partial charge in [0.25, 0.3) is 5.91 Å². The SMILES string of the molecule is COc1cccc(C(=O)OCC(=O)N(CCC(N)=O)c2ccccc2)c1OC(F)F. The van der Waals surface area contributed by atoms with Gasteiger partial charge in [-0.15, -0.1) is 0 Å². The molecule has 0 unspecified atom stereocenters. The molecule has 2 rings (SSSR count). The number of hydrogen-bond donors (Lipinski definition) is 1.